The monoisotopic (exact) mass is 280 g/mol. The molecular weight excluding hydrogens is 268 g/mol. The summed E-state index contributed by atoms with van der Waals surface area (Å²) >= 11 is 7.64. The summed E-state index contributed by atoms with van der Waals surface area (Å²) in [5, 5.41) is 4.40. The molecule has 0 aliphatic rings. The number of carbonyl (C=O) groups is 1. The quantitative estimate of drug-likeness (QED) is 0.877. The number of thiophene rings is 1. The number of nitrogens with zero attached hydrogens (tertiary/aromatic N) is 1. The molecule has 0 unspecified atom stereocenters. The van der Waals surface area contributed by atoms with Crippen LogP contribution in [0, 0.1) is 0 Å². The van der Waals surface area contributed by atoms with Gasteiger partial charge in [-0.15, -0.1) is 0 Å². The van der Waals surface area contributed by atoms with Crippen LogP contribution in [0.3, 0.4) is 0 Å². The number of hydrogen-bond donors (Lipinski definition) is 1. The van der Waals surface area contributed by atoms with Crippen LogP contribution in [0.4, 0.5) is 5.69 Å². The van der Waals surface area contributed by atoms with Gasteiger partial charge < -0.3 is 10.6 Å². The molecule has 3 nitrogen and oxygen atoms in total. The lowest BCUT2D eigenvalue weighted by Crippen LogP contribution is -2.26. The van der Waals surface area contributed by atoms with E-state index in [2.05, 4.69) is 0 Å². The highest BCUT2D eigenvalue weighted by Gasteiger charge is 2.15. The third kappa shape index (κ3) is 2.83. The molecule has 1 amide bonds. The minimum atomic E-state index is -0.105. The van der Waals surface area contributed by atoms with Gasteiger partial charge in [0.05, 0.1) is 10.6 Å². The number of anilines is 1. The van der Waals surface area contributed by atoms with Crippen molar-refractivity contribution in [3.8, 4) is 0 Å². The predicted molar refractivity (Wildman–Crippen MR) is 76.0 cm³/mol. The number of nitrogens with two attached hydrogens (primary N) is 1. The Morgan fingerprint density at radius 1 is 1.44 bits per heavy atom. The number of halogens is 1. The van der Waals surface area contributed by atoms with Crippen LogP contribution in [0.25, 0.3) is 0 Å². The molecule has 0 saturated carbocycles. The first-order valence-electron chi connectivity index (χ1n) is 5.39. The lowest BCUT2D eigenvalue weighted by molar-refractivity contribution is 0.0785. The summed E-state index contributed by atoms with van der Waals surface area (Å²) in [6.45, 7) is 0.572. The topological polar surface area (TPSA) is 46.3 Å². The van der Waals surface area contributed by atoms with Crippen molar-refractivity contribution < 1.29 is 4.79 Å². The van der Waals surface area contributed by atoms with E-state index in [9.17, 15) is 4.79 Å². The van der Waals surface area contributed by atoms with E-state index in [1.54, 1.807) is 41.5 Å². The third-order valence-corrected chi connectivity index (χ3v) is 3.61. The van der Waals surface area contributed by atoms with E-state index >= 15 is 0 Å². The van der Waals surface area contributed by atoms with Gasteiger partial charge in [-0.2, -0.15) is 11.3 Å². The lowest BCUT2D eigenvalue weighted by Gasteiger charge is -2.17. The van der Waals surface area contributed by atoms with Crippen molar-refractivity contribution in [3.63, 3.8) is 0 Å². The van der Waals surface area contributed by atoms with Crippen molar-refractivity contribution >= 4 is 34.5 Å². The van der Waals surface area contributed by atoms with E-state index in [4.69, 9.17) is 17.3 Å². The van der Waals surface area contributed by atoms with E-state index in [0.717, 1.165) is 5.56 Å². The fourth-order valence-corrected chi connectivity index (χ4v) is 2.57. The second kappa shape index (κ2) is 5.42. The van der Waals surface area contributed by atoms with Gasteiger partial charge in [0, 0.05) is 19.3 Å². The predicted octanol–water partition coefficient (Wildman–Crippen LogP) is 3.26. The highest BCUT2D eigenvalue weighted by atomic mass is 35.5. The fourth-order valence-electron chi connectivity index (χ4n) is 1.64. The summed E-state index contributed by atoms with van der Waals surface area (Å²) in [5.41, 5.74) is 7.75. The molecule has 0 bridgehead atoms. The Morgan fingerprint density at radius 2 is 2.22 bits per heavy atom. The largest absolute Gasteiger partial charge is 0.399 e. The number of nitrogen functional groups attached to an aromatic ring is 1. The number of amides is 1. The Kier molecular flexibility index (Phi) is 3.89. The molecule has 0 radical (unpaired) electrons. The smallest absolute Gasteiger partial charge is 0.255 e. The lowest BCUT2D eigenvalue weighted by atomic mass is 10.1. The van der Waals surface area contributed by atoms with Gasteiger partial charge in [0.2, 0.25) is 0 Å². The molecule has 0 aliphatic heterocycles. The Labute approximate surface area is 115 Å². The standard InChI is InChI=1S/C13H13ClN2OS/c1-16(7-9-4-5-18-8-9)13(17)11-3-2-10(15)6-12(11)14/h2-6,8H,7,15H2,1H3. The van der Waals surface area contributed by atoms with Crippen LogP contribution in [0.1, 0.15) is 15.9 Å². The van der Waals surface area contributed by atoms with E-state index < -0.39 is 0 Å². The summed E-state index contributed by atoms with van der Waals surface area (Å²) in [4.78, 5) is 13.8. The van der Waals surface area contributed by atoms with Gasteiger partial charge in [0.25, 0.3) is 5.91 Å². The van der Waals surface area contributed by atoms with Gasteiger partial charge in [0.1, 0.15) is 0 Å². The van der Waals surface area contributed by atoms with Crippen LogP contribution in [-0.4, -0.2) is 17.9 Å². The molecule has 0 aliphatic carbocycles. The van der Waals surface area contributed by atoms with Gasteiger partial charge in [-0.05, 0) is 40.6 Å². The summed E-state index contributed by atoms with van der Waals surface area (Å²) in [6.07, 6.45) is 0. The number of rotatable bonds is 3. The molecule has 0 fully saturated rings. The minimum Gasteiger partial charge on any atom is -0.399 e. The number of benzene rings is 1. The second-order valence-electron chi connectivity index (χ2n) is 4.03. The van der Waals surface area contributed by atoms with Gasteiger partial charge in [-0.1, -0.05) is 11.6 Å². The van der Waals surface area contributed by atoms with Crippen LogP contribution in [0.15, 0.2) is 35.0 Å². The number of hydrogen-bond acceptors (Lipinski definition) is 3. The first-order chi connectivity index (χ1) is 8.58. The normalized spacial score (nSPS) is 10.3. The highest BCUT2D eigenvalue weighted by Crippen LogP contribution is 2.21. The fraction of sp³-hybridized carbons (Fsp3) is 0.154. The molecule has 0 saturated heterocycles. The zero-order valence-electron chi connectivity index (χ0n) is 9.89. The van der Waals surface area contributed by atoms with E-state index in [1.165, 1.54) is 0 Å². The molecular formula is C13H13ClN2OS. The first-order valence-corrected chi connectivity index (χ1v) is 6.71. The first kappa shape index (κ1) is 12.9. The summed E-state index contributed by atoms with van der Waals surface area (Å²) in [7, 11) is 1.76. The second-order valence-corrected chi connectivity index (χ2v) is 5.22. The Bertz CT molecular complexity index is 554. The molecule has 1 heterocycles. The van der Waals surface area contributed by atoms with Crippen molar-refractivity contribution in [1.82, 2.24) is 4.90 Å². The third-order valence-electron chi connectivity index (χ3n) is 2.57. The van der Waals surface area contributed by atoms with Crippen LogP contribution in [0.5, 0.6) is 0 Å². The molecule has 94 valence electrons. The summed E-state index contributed by atoms with van der Waals surface area (Å²) in [5.74, 6) is -0.105. The molecule has 0 spiro atoms. The Morgan fingerprint density at radius 3 is 2.83 bits per heavy atom. The van der Waals surface area contributed by atoms with Crippen LogP contribution in [0.2, 0.25) is 5.02 Å². The van der Waals surface area contributed by atoms with Gasteiger partial charge >= 0.3 is 0 Å². The van der Waals surface area contributed by atoms with E-state index in [0.29, 0.717) is 22.8 Å². The zero-order valence-corrected chi connectivity index (χ0v) is 11.5. The molecule has 0 atom stereocenters. The van der Waals surface area contributed by atoms with Crippen LogP contribution < -0.4 is 5.73 Å². The molecule has 2 N–H and O–H groups in total. The maximum atomic E-state index is 12.2. The van der Waals surface area contributed by atoms with Crippen LogP contribution in [-0.2, 0) is 6.54 Å². The molecule has 1 aromatic carbocycles. The van der Waals surface area contributed by atoms with Crippen molar-refractivity contribution in [1.29, 1.82) is 0 Å². The maximum absolute atomic E-state index is 12.2. The number of carbonyl (C=O) groups excluding carboxylic acids is 1. The Hall–Kier alpha value is -1.52. The minimum absolute atomic E-state index is 0.105. The van der Waals surface area contributed by atoms with Gasteiger partial charge in [-0.25, -0.2) is 0 Å². The van der Waals surface area contributed by atoms with Crippen molar-refractivity contribution in [3.05, 3.63) is 51.2 Å². The van der Waals surface area contributed by atoms with Crippen molar-refractivity contribution in [2.45, 2.75) is 6.54 Å². The molecule has 5 heteroatoms. The highest BCUT2D eigenvalue weighted by molar-refractivity contribution is 7.07. The zero-order chi connectivity index (χ0) is 13.1. The molecule has 1 aromatic heterocycles. The van der Waals surface area contributed by atoms with E-state index in [-0.39, 0.29) is 5.91 Å². The van der Waals surface area contributed by atoms with Gasteiger partial charge in [-0.3, -0.25) is 4.79 Å². The molecule has 18 heavy (non-hydrogen) atoms. The summed E-state index contributed by atoms with van der Waals surface area (Å²) < 4.78 is 0. The van der Waals surface area contributed by atoms with Crippen LogP contribution >= 0.6 is 22.9 Å². The SMILES string of the molecule is CN(Cc1ccsc1)C(=O)c1ccc(N)cc1Cl. The average molecular weight is 281 g/mol. The molecule has 2 rings (SSSR count). The van der Waals surface area contributed by atoms with Crippen molar-refractivity contribution in [2.24, 2.45) is 0 Å². The van der Waals surface area contributed by atoms with Crippen molar-refractivity contribution in [2.75, 3.05) is 12.8 Å². The summed E-state index contributed by atoms with van der Waals surface area (Å²) in [6, 6.07) is 6.92. The Balaban J connectivity index is 2.15. The maximum Gasteiger partial charge on any atom is 0.255 e. The molecule has 2 aromatic rings. The van der Waals surface area contributed by atoms with E-state index in [1.807, 2.05) is 16.8 Å². The van der Waals surface area contributed by atoms with Gasteiger partial charge in [0.15, 0.2) is 0 Å². The average Bonchev–Trinajstić information content (AvgIpc) is 2.81.